The van der Waals surface area contributed by atoms with E-state index in [9.17, 15) is 19.8 Å². The minimum atomic E-state index is -0.938. The van der Waals surface area contributed by atoms with Gasteiger partial charge in [-0.3, -0.25) is 4.79 Å². The van der Waals surface area contributed by atoms with Gasteiger partial charge in [-0.1, -0.05) is 60.1 Å². The highest BCUT2D eigenvalue weighted by Gasteiger charge is 2.34. The summed E-state index contributed by atoms with van der Waals surface area (Å²) >= 11 is 8.17. The Kier molecular flexibility index (Phi) is 8.82. The molecule has 0 radical (unpaired) electrons. The first-order chi connectivity index (χ1) is 19.8. The van der Waals surface area contributed by atoms with Gasteiger partial charge in [0.1, 0.15) is 10.6 Å². The number of hydrogen-bond acceptors (Lipinski definition) is 5. The summed E-state index contributed by atoms with van der Waals surface area (Å²) in [6, 6.07) is 21.3. The third-order valence-corrected chi connectivity index (χ3v) is 9.70. The van der Waals surface area contributed by atoms with Gasteiger partial charge in [0.25, 0.3) is 5.91 Å². The topological polar surface area (TPSA) is 90.3 Å². The Labute approximate surface area is 248 Å². The number of ether oxygens (including phenoxy) is 1. The number of thiophene rings is 1. The molecule has 1 fully saturated rings. The van der Waals surface area contributed by atoms with Crippen LogP contribution >= 0.6 is 22.9 Å². The highest BCUT2D eigenvalue weighted by Crippen LogP contribution is 2.38. The molecule has 0 aliphatic heterocycles. The summed E-state index contributed by atoms with van der Waals surface area (Å²) in [6.45, 7) is 0.301. The van der Waals surface area contributed by atoms with E-state index in [2.05, 4.69) is 0 Å². The summed E-state index contributed by atoms with van der Waals surface area (Å²) < 4.78 is 6.68. The van der Waals surface area contributed by atoms with Crippen LogP contribution in [0.15, 0.2) is 66.7 Å². The number of methoxy groups -OCH3 is 1. The van der Waals surface area contributed by atoms with Crippen LogP contribution in [0.3, 0.4) is 0 Å². The number of carbonyl (C=O) groups excluding carboxylic acids is 1. The molecule has 214 valence electrons. The van der Waals surface area contributed by atoms with E-state index in [-0.39, 0.29) is 24.6 Å². The number of benzene rings is 3. The number of hydrogen-bond donors (Lipinski definition) is 2. The van der Waals surface area contributed by atoms with Crippen LogP contribution in [0, 0.1) is 0 Å². The quantitative estimate of drug-likeness (QED) is 0.224. The molecule has 7 nitrogen and oxygen atoms in total. The van der Waals surface area contributed by atoms with Crippen LogP contribution < -0.4 is 4.74 Å². The first kappa shape index (κ1) is 28.9. The third-order valence-electron chi connectivity index (χ3n) is 8.04. The Morgan fingerprint density at radius 1 is 0.976 bits per heavy atom. The second-order valence-electron chi connectivity index (χ2n) is 10.4. The molecule has 5 rings (SSSR count). The average Bonchev–Trinajstić information content (AvgIpc) is 3.35. The number of halogens is 1. The van der Waals surface area contributed by atoms with Gasteiger partial charge < -0.3 is 24.7 Å². The molecule has 1 aromatic heterocycles. The number of nitrogens with zero attached hydrogens (tertiary/aromatic N) is 2. The lowest BCUT2D eigenvalue weighted by atomic mass is 9.89. The van der Waals surface area contributed by atoms with Crippen LogP contribution in [0.2, 0.25) is 5.02 Å². The number of carbonyl (C=O) groups is 2. The number of rotatable bonds is 8. The van der Waals surface area contributed by atoms with Crippen molar-refractivity contribution in [3.8, 4) is 16.9 Å². The van der Waals surface area contributed by atoms with E-state index >= 15 is 0 Å². The smallest absolute Gasteiger partial charge is 0.407 e. The van der Waals surface area contributed by atoms with E-state index in [1.165, 1.54) is 16.2 Å². The van der Waals surface area contributed by atoms with Gasteiger partial charge in [-0.25, -0.2) is 4.79 Å². The minimum absolute atomic E-state index is 0.0179. The monoisotopic (exact) mass is 592 g/mol. The predicted molar refractivity (Wildman–Crippen MR) is 163 cm³/mol. The molecule has 0 atom stereocenters. The zero-order chi connectivity index (χ0) is 29.1. The minimum Gasteiger partial charge on any atom is -0.496 e. The third kappa shape index (κ3) is 6.05. The molecule has 2 N–H and O–H groups in total. The lowest BCUT2D eigenvalue weighted by Gasteiger charge is -2.39. The largest absolute Gasteiger partial charge is 0.496 e. The fourth-order valence-corrected chi connectivity index (χ4v) is 7.10. The molecule has 1 heterocycles. The molecule has 1 saturated carbocycles. The molecule has 1 aliphatic carbocycles. The summed E-state index contributed by atoms with van der Waals surface area (Å²) in [4.78, 5) is 29.6. The maximum absolute atomic E-state index is 14.3. The van der Waals surface area contributed by atoms with Gasteiger partial charge in [-0.15, -0.1) is 11.3 Å². The molecule has 41 heavy (non-hydrogen) atoms. The number of carboxylic acid groups (broad SMARTS) is 1. The van der Waals surface area contributed by atoms with Crippen molar-refractivity contribution in [3.63, 3.8) is 0 Å². The summed E-state index contributed by atoms with van der Waals surface area (Å²) in [5.74, 6) is 0.547. The zero-order valence-electron chi connectivity index (χ0n) is 23.0. The highest BCUT2D eigenvalue weighted by molar-refractivity contribution is 7.21. The van der Waals surface area contributed by atoms with Crippen molar-refractivity contribution in [1.29, 1.82) is 0 Å². The van der Waals surface area contributed by atoms with Crippen LogP contribution in [0.4, 0.5) is 4.79 Å². The Morgan fingerprint density at radius 2 is 1.63 bits per heavy atom. The van der Waals surface area contributed by atoms with E-state index in [4.69, 9.17) is 16.3 Å². The zero-order valence-corrected chi connectivity index (χ0v) is 24.6. The van der Waals surface area contributed by atoms with Crippen molar-refractivity contribution in [1.82, 2.24) is 9.80 Å². The van der Waals surface area contributed by atoms with Crippen LogP contribution in [0.5, 0.6) is 5.75 Å². The number of aliphatic hydroxyl groups excluding tert-OH is 1. The number of aliphatic hydroxyl groups is 1. The SMILES string of the molecule is COc1ccc(-c2ccc(CO)cc2)cc1CN(C(=O)c1sc2ccccc2c1Cl)C1CCC(N(C)C(=O)O)CC1. The Hall–Kier alpha value is -3.59. The highest BCUT2D eigenvalue weighted by atomic mass is 35.5. The Morgan fingerprint density at radius 3 is 2.27 bits per heavy atom. The molecule has 3 aromatic carbocycles. The van der Waals surface area contributed by atoms with E-state index in [0.29, 0.717) is 47.9 Å². The van der Waals surface area contributed by atoms with Gasteiger partial charge in [0, 0.05) is 41.3 Å². The summed E-state index contributed by atoms with van der Waals surface area (Å²) in [7, 11) is 3.23. The van der Waals surface area contributed by atoms with Crippen molar-refractivity contribution in [3.05, 3.63) is 87.8 Å². The molecule has 0 spiro atoms. The molecule has 4 aromatic rings. The van der Waals surface area contributed by atoms with Gasteiger partial charge in [0.05, 0.1) is 18.7 Å². The maximum atomic E-state index is 14.3. The Balaban J connectivity index is 1.50. The van der Waals surface area contributed by atoms with Crippen LogP contribution in [0.1, 0.15) is 46.5 Å². The number of fused-ring (bicyclic) bond motifs is 1. The van der Waals surface area contributed by atoms with Crippen molar-refractivity contribution < 1.29 is 24.5 Å². The fourth-order valence-electron chi connectivity index (χ4n) is 5.63. The van der Waals surface area contributed by atoms with Crippen molar-refractivity contribution in [2.24, 2.45) is 0 Å². The summed E-state index contributed by atoms with van der Waals surface area (Å²) in [5, 5.41) is 20.2. The molecule has 0 unspecified atom stereocenters. The van der Waals surface area contributed by atoms with Gasteiger partial charge in [-0.05, 0) is 60.6 Å². The second-order valence-corrected chi connectivity index (χ2v) is 11.8. The lowest BCUT2D eigenvalue weighted by molar-refractivity contribution is 0.0555. The fraction of sp³-hybridized carbons (Fsp3) is 0.312. The van der Waals surface area contributed by atoms with Crippen LogP contribution in [-0.2, 0) is 13.2 Å². The second kappa shape index (κ2) is 12.5. The van der Waals surface area contributed by atoms with Crippen LogP contribution in [-0.4, -0.2) is 58.3 Å². The van der Waals surface area contributed by atoms with Crippen LogP contribution in [0.25, 0.3) is 21.2 Å². The van der Waals surface area contributed by atoms with E-state index in [0.717, 1.165) is 32.3 Å². The first-order valence-electron chi connectivity index (χ1n) is 13.6. The maximum Gasteiger partial charge on any atom is 0.407 e. The Bertz CT molecular complexity index is 1550. The molecular formula is C32H33ClN2O5S. The molecule has 0 bridgehead atoms. The molecule has 2 amide bonds. The van der Waals surface area contributed by atoms with Gasteiger partial charge in [0.2, 0.25) is 0 Å². The summed E-state index contributed by atoms with van der Waals surface area (Å²) in [5.41, 5.74) is 3.67. The molecule has 9 heteroatoms. The lowest BCUT2D eigenvalue weighted by Crippen LogP contribution is -2.46. The molecular weight excluding hydrogens is 560 g/mol. The van der Waals surface area contributed by atoms with E-state index in [1.54, 1.807) is 14.2 Å². The van der Waals surface area contributed by atoms with Crippen molar-refractivity contribution >= 4 is 45.0 Å². The average molecular weight is 593 g/mol. The first-order valence-corrected chi connectivity index (χ1v) is 14.8. The van der Waals surface area contributed by atoms with E-state index < -0.39 is 6.09 Å². The normalized spacial score (nSPS) is 16.9. The van der Waals surface area contributed by atoms with Crippen molar-refractivity contribution in [2.45, 2.75) is 50.9 Å². The van der Waals surface area contributed by atoms with Crippen molar-refractivity contribution in [2.75, 3.05) is 14.2 Å². The summed E-state index contributed by atoms with van der Waals surface area (Å²) in [6.07, 6.45) is 1.77. The van der Waals surface area contributed by atoms with Gasteiger partial charge in [-0.2, -0.15) is 0 Å². The molecule has 1 aliphatic rings. The van der Waals surface area contributed by atoms with Gasteiger partial charge in [0.15, 0.2) is 0 Å². The van der Waals surface area contributed by atoms with Gasteiger partial charge >= 0.3 is 6.09 Å². The molecule has 0 saturated heterocycles. The number of amides is 2. The standard InChI is InChI=1S/C32H33ClN2O5S/c1-34(32(38)39)24-12-14-25(15-13-24)35(31(37)30-29(33)26-5-3-4-6-28(26)41-30)18-23-17-22(11-16-27(23)40-2)21-9-7-20(19-36)8-10-21/h3-11,16-17,24-25,36H,12-15,18-19H2,1-2H3,(H,38,39). The predicted octanol–water partition coefficient (Wildman–Crippen LogP) is 7.29. The van der Waals surface area contributed by atoms with E-state index in [1.807, 2.05) is 71.6 Å².